The maximum Gasteiger partial charge on any atom is 0.204 e. The number of halogens is 1. The van der Waals surface area contributed by atoms with Crippen LogP contribution < -0.4 is 4.90 Å². The monoisotopic (exact) mass is 436 g/mol. The van der Waals surface area contributed by atoms with Crippen molar-refractivity contribution in [2.45, 2.75) is 18.0 Å². The maximum atomic E-state index is 13.9. The van der Waals surface area contributed by atoms with Gasteiger partial charge in [-0.05, 0) is 41.5 Å². The van der Waals surface area contributed by atoms with Gasteiger partial charge in [-0.15, -0.1) is 0 Å². The molecule has 154 valence electrons. The first kappa shape index (κ1) is 20.0. The number of hydrogen-bond acceptors (Lipinski definition) is 5. The lowest BCUT2D eigenvalue weighted by Gasteiger charge is -2.35. The minimum atomic E-state index is -1.48. The smallest absolute Gasteiger partial charge is 0.204 e. The zero-order valence-electron chi connectivity index (χ0n) is 16.9. The van der Waals surface area contributed by atoms with E-state index in [1.807, 2.05) is 41.3 Å². The number of hydrogen-bond donors (Lipinski definition) is 0. The Morgan fingerprint density at radius 2 is 1.72 bits per heavy atom. The third kappa shape index (κ3) is 2.83. The Bertz CT molecular complexity index is 1290. The first-order chi connectivity index (χ1) is 15.6. The fourth-order valence-electron chi connectivity index (χ4n) is 4.94. The fourth-order valence-corrected chi connectivity index (χ4v) is 5.06. The van der Waals surface area contributed by atoms with E-state index in [0.29, 0.717) is 16.3 Å². The molecule has 1 fully saturated rings. The molecule has 0 N–H and O–H groups in total. The highest BCUT2D eigenvalue weighted by atomic mass is 35.5. The van der Waals surface area contributed by atoms with Crippen LogP contribution in [0.3, 0.4) is 0 Å². The number of pyridine rings is 1. The van der Waals surface area contributed by atoms with Gasteiger partial charge >= 0.3 is 0 Å². The van der Waals surface area contributed by atoms with Crippen LogP contribution in [0.25, 0.3) is 6.08 Å². The minimum Gasteiger partial charge on any atom is -0.351 e. The summed E-state index contributed by atoms with van der Waals surface area (Å²) in [5.74, 6) is -0.932. The van der Waals surface area contributed by atoms with Gasteiger partial charge in [0, 0.05) is 22.8 Å². The van der Waals surface area contributed by atoms with Crippen molar-refractivity contribution in [2.75, 3.05) is 4.90 Å². The second kappa shape index (κ2) is 7.64. The Kier molecular flexibility index (Phi) is 4.78. The van der Waals surface area contributed by atoms with E-state index >= 15 is 0 Å². The van der Waals surface area contributed by atoms with Gasteiger partial charge in [-0.25, -0.2) is 0 Å². The van der Waals surface area contributed by atoms with Gasteiger partial charge in [0.25, 0.3) is 0 Å². The Morgan fingerprint density at radius 3 is 2.41 bits per heavy atom. The number of rotatable bonds is 3. The molecule has 6 heteroatoms. The van der Waals surface area contributed by atoms with Crippen molar-refractivity contribution in [3.05, 3.63) is 101 Å². The molecule has 5 rings (SSSR count). The van der Waals surface area contributed by atoms with Gasteiger partial charge < -0.3 is 4.90 Å². The predicted molar refractivity (Wildman–Crippen MR) is 122 cm³/mol. The zero-order valence-corrected chi connectivity index (χ0v) is 17.6. The molecule has 0 spiro atoms. The van der Waals surface area contributed by atoms with E-state index in [0.717, 1.165) is 11.3 Å². The maximum absolute atomic E-state index is 13.9. The second-order valence-electron chi connectivity index (χ2n) is 7.92. The lowest BCUT2D eigenvalue weighted by molar-refractivity contribution is 0.0946. The Morgan fingerprint density at radius 1 is 1.00 bits per heavy atom. The number of fused-ring (bicyclic) bond motifs is 3. The topological polar surface area (TPSA) is 80.8 Å². The Balaban J connectivity index is 1.79. The van der Waals surface area contributed by atoms with Crippen LogP contribution >= 0.6 is 11.6 Å². The molecule has 3 atom stereocenters. The number of aromatic nitrogens is 1. The Labute approximate surface area is 190 Å². The predicted octanol–water partition coefficient (Wildman–Crippen LogP) is 5.02. The summed E-state index contributed by atoms with van der Waals surface area (Å²) in [6, 6.07) is 23.1. The van der Waals surface area contributed by atoms with Gasteiger partial charge in [-0.1, -0.05) is 60.2 Å². The molecule has 32 heavy (non-hydrogen) atoms. The van der Waals surface area contributed by atoms with Crippen LogP contribution in [-0.2, 0) is 0 Å². The summed E-state index contributed by atoms with van der Waals surface area (Å²) in [5.41, 5.74) is 1.29. The third-order valence-corrected chi connectivity index (χ3v) is 6.58. The first-order valence-corrected chi connectivity index (χ1v) is 10.6. The van der Waals surface area contributed by atoms with E-state index in [4.69, 9.17) is 11.6 Å². The van der Waals surface area contributed by atoms with Gasteiger partial charge in [0.2, 0.25) is 5.78 Å². The number of anilines is 1. The number of Topliss-reactive ketones (excluding diaryl/α,β-unsaturated/α-hetero) is 1. The van der Waals surface area contributed by atoms with Gasteiger partial charge in [0.1, 0.15) is 11.7 Å². The highest BCUT2D eigenvalue weighted by Crippen LogP contribution is 2.55. The SMILES string of the molecule is N#CC1(C#N)[C@H](c2ccc(Cl)cc2)[C@H](C(=O)c2ccccn2)N2c3ccccc3C=C[C@@H]21. The van der Waals surface area contributed by atoms with E-state index in [1.54, 1.807) is 48.7 Å². The number of benzene rings is 2. The molecule has 5 nitrogen and oxygen atoms in total. The highest BCUT2D eigenvalue weighted by molar-refractivity contribution is 6.30. The minimum absolute atomic E-state index is 0.229. The van der Waals surface area contributed by atoms with E-state index in [9.17, 15) is 15.3 Å². The standard InChI is InChI=1S/C26H17ClN4O/c27-19-11-8-18(9-12-19)23-24(25(32)20-6-3-4-14-30-20)31-21-7-2-1-5-17(21)10-13-22(31)26(23,15-28)16-29/h1-14,22-24H/t22-,23-,24-/m1/s1. The third-order valence-electron chi connectivity index (χ3n) is 6.33. The summed E-state index contributed by atoms with van der Waals surface area (Å²) in [7, 11) is 0. The van der Waals surface area contributed by atoms with Crippen molar-refractivity contribution in [1.29, 1.82) is 10.5 Å². The normalized spacial score (nSPS) is 22.3. The molecule has 2 aromatic carbocycles. The van der Waals surface area contributed by atoms with E-state index < -0.39 is 23.4 Å². The van der Waals surface area contributed by atoms with Crippen LogP contribution in [0.1, 0.15) is 27.5 Å². The van der Waals surface area contributed by atoms with Crippen LogP contribution in [-0.4, -0.2) is 22.9 Å². The second-order valence-corrected chi connectivity index (χ2v) is 8.35. The largest absolute Gasteiger partial charge is 0.351 e. The number of carbonyl (C=O) groups excluding carboxylic acids is 1. The quantitative estimate of drug-likeness (QED) is 0.538. The van der Waals surface area contributed by atoms with Crippen molar-refractivity contribution in [2.24, 2.45) is 5.41 Å². The van der Waals surface area contributed by atoms with Gasteiger partial charge in [0.15, 0.2) is 5.41 Å². The molecule has 2 aliphatic rings. The van der Waals surface area contributed by atoms with E-state index in [2.05, 4.69) is 17.1 Å². The Hall–Kier alpha value is -3.93. The molecular formula is C26H17ClN4O. The number of nitrogens with zero attached hydrogens (tertiary/aromatic N) is 4. The van der Waals surface area contributed by atoms with Gasteiger partial charge in [0.05, 0.1) is 18.2 Å². The molecule has 0 saturated carbocycles. The van der Waals surface area contributed by atoms with Crippen LogP contribution in [0.4, 0.5) is 5.69 Å². The molecule has 3 heterocycles. The molecule has 1 saturated heterocycles. The molecule has 1 aromatic heterocycles. The van der Waals surface area contributed by atoms with Gasteiger partial charge in [-0.2, -0.15) is 10.5 Å². The molecular weight excluding hydrogens is 420 g/mol. The van der Waals surface area contributed by atoms with Crippen LogP contribution in [0.15, 0.2) is 79.0 Å². The molecule has 0 bridgehead atoms. The molecule has 2 aliphatic heterocycles. The molecule has 3 aromatic rings. The highest BCUT2D eigenvalue weighted by Gasteiger charge is 2.63. The molecule has 0 unspecified atom stereocenters. The molecule has 0 amide bonds. The summed E-state index contributed by atoms with van der Waals surface area (Å²) in [6.07, 6.45) is 5.36. The summed E-state index contributed by atoms with van der Waals surface area (Å²) < 4.78 is 0. The van der Waals surface area contributed by atoms with E-state index in [-0.39, 0.29) is 5.78 Å². The zero-order chi connectivity index (χ0) is 22.3. The number of carbonyl (C=O) groups is 1. The van der Waals surface area contributed by atoms with E-state index in [1.165, 1.54) is 0 Å². The number of nitriles is 2. The van der Waals surface area contributed by atoms with Gasteiger partial charge in [-0.3, -0.25) is 9.78 Å². The van der Waals surface area contributed by atoms with Crippen molar-refractivity contribution in [3.63, 3.8) is 0 Å². The number of para-hydroxylation sites is 1. The van der Waals surface area contributed by atoms with Crippen molar-refractivity contribution in [1.82, 2.24) is 4.98 Å². The lowest BCUT2D eigenvalue weighted by atomic mass is 9.69. The summed E-state index contributed by atoms with van der Waals surface area (Å²) >= 11 is 6.11. The summed E-state index contributed by atoms with van der Waals surface area (Å²) in [6.45, 7) is 0. The first-order valence-electron chi connectivity index (χ1n) is 10.2. The van der Waals surface area contributed by atoms with Crippen molar-refractivity contribution in [3.8, 4) is 12.1 Å². The summed E-state index contributed by atoms with van der Waals surface area (Å²) in [4.78, 5) is 20.1. The van der Waals surface area contributed by atoms with Crippen molar-refractivity contribution >= 4 is 29.1 Å². The molecule has 0 aliphatic carbocycles. The average molecular weight is 437 g/mol. The van der Waals surface area contributed by atoms with Crippen LogP contribution in [0, 0.1) is 28.1 Å². The number of ketones is 1. The van der Waals surface area contributed by atoms with Crippen LogP contribution in [0.5, 0.6) is 0 Å². The molecule has 0 radical (unpaired) electrons. The summed E-state index contributed by atoms with van der Waals surface area (Å²) in [5, 5.41) is 21.3. The lowest BCUT2D eigenvalue weighted by Crippen LogP contribution is -2.44. The average Bonchev–Trinajstić information content (AvgIpc) is 3.15. The fraction of sp³-hybridized carbons (Fsp3) is 0.154. The van der Waals surface area contributed by atoms with Crippen LogP contribution in [0.2, 0.25) is 5.02 Å². The van der Waals surface area contributed by atoms with Crippen molar-refractivity contribution < 1.29 is 4.79 Å².